The first kappa shape index (κ1) is 16.2. The second-order valence-electron chi connectivity index (χ2n) is 4.81. The van der Waals surface area contributed by atoms with E-state index >= 15 is 0 Å². The lowest BCUT2D eigenvalue weighted by Gasteiger charge is -2.28. The van der Waals surface area contributed by atoms with Gasteiger partial charge in [-0.05, 0) is 34.6 Å². The predicted molar refractivity (Wildman–Crippen MR) is 68.2 cm³/mol. The molecule has 1 atom stereocenters. The number of carbonyl (C=O) groups is 2. The Morgan fingerprint density at radius 3 is 2.12 bits per heavy atom. The summed E-state index contributed by atoms with van der Waals surface area (Å²) in [5, 5.41) is 2.75. The fourth-order valence-electron chi connectivity index (χ4n) is 0.958. The van der Waals surface area contributed by atoms with E-state index in [9.17, 15) is 9.59 Å². The van der Waals surface area contributed by atoms with Gasteiger partial charge in [0.25, 0.3) is 0 Å². The summed E-state index contributed by atoms with van der Waals surface area (Å²) in [5.41, 5.74) is -1.73. The number of hydrogen-bond acceptors (Lipinski definition) is 4. The van der Waals surface area contributed by atoms with Gasteiger partial charge in [0.1, 0.15) is 11.1 Å². The summed E-state index contributed by atoms with van der Waals surface area (Å²) < 4.78 is 9.97. The third kappa shape index (κ3) is 5.91. The molecule has 1 amide bonds. The number of rotatable bonds is 4. The van der Waals surface area contributed by atoms with Crippen LogP contribution >= 0.6 is 15.9 Å². The van der Waals surface area contributed by atoms with Crippen LogP contribution in [0.15, 0.2) is 0 Å². The minimum Gasteiger partial charge on any atom is -0.464 e. The Hall–Kier alpha value is -0.780. The van der Waals surface area contributed by atoms with Crippen molar-refractivity contribution >= 4 is 28.0 Å². The molecule has 0 rings (SSSR count). The van der Waals surface area contributed by atoms with Crippen molar-refractivity contribution in [2.24, 2.45) is 0 Å². The molecule has 0 saturated heterocycles. The van der Waals surface area contributed by atoms with Crippen LogP contribution < -0.4 is 5.32 Å². The normalized spacial score (nSPS) is 14.7. The van der Waals surface area contributed by atoms with Crippen molar-refractivity contribution in [2.75, 3.05) is 11.9 Å². The van der Waals surface area contributed by atoms with Crippen molar-refractivity contribution < 1.29 is 19.1 Å². The lowest BCUT2D eigenvalue weighted by Crippen LogP contribution is -2.55. The summed E-state index contributed by atoms with van der Waals surface area (Å²) in [4.78, 5) is 23.3. The van der Waals surface area contributed by atoms with Crippen LogP contribution in [0.25, 0.3) is 0 Å². The van der Waals surface area contributed by atoms with E-state index < -0.39 is 23.2 Å². The number of ether oxygens (including phenoxy) is 2. The van der Waals surface area contributed by atoms with Crippen LogP contribution in [0.2, 0.25) is 0 Å². The zero-order valence-electron chi connectivity index (χ0n) is 10.9. The topological polar surface area (TPSA) is 64.6 Å². The fourth-order valence-corrected chi connectivity index (χ4v) is 1.33. The maximum absolute atomic E-state index is 11.7. The van der Waals surface area contributed by atoms with E-state index in [1.165, 1.54) is 0 Å². The average Bonchev–Trinajstić information content (AvgIpc) is 2.14. The third-order valence-electron chi connectivity index (χ3n) is 1.77. The van der Waals surface area contributed by atoms with E-state index in [0.29, 0.717) is 0 Å². The van der Waals surface area contributed by atoms with Gasteiger partial charge >= 0.3 is 12.1 Å². The molecule has 0 aliphatic carbocycles. The van der Waals surface area contributed by atoms with E-state index in [4.69, 9.17) is 9.47 Å². The highest BCUT2D eigenvalue weighted by Crippen LogP contribution is 2.13. The van der Waals surface area contributed by atoms with Crippen molar-refractivity contribution in [1.82, 2.24) is 5.32 Å². The highest BCUT2D eigenvalue weighted by Gasteiger charge is 2.36. The van der Waals surface area contributed by atoms with E-state index in [1.54, 1.807) is 34.6 Å². The first-order valence-corrected chi connectivity index (χ1v) is 6.51. The molecule has 0 aliphatic heterocycles. The molecule has 1 N–H and O–H groups in total. The zero-order valence-corrected chi connectivity index (χ0v) is 12.5. The number of alkyl carbamates (subject to hydrolysis) is 1. The zero-order chi connectivity index (χ0) is 13.7. The molecule has 0 saturated carbocycles. The van der Waals surface area contributed by atoms with Gasteiger partial charge in [-0.3, -0.25) is 0 Å². The number of nitrogens with one attached hydrogen (secondary N) is 1. The van der Waals surface area contributed by atoms with Crippen molar-refractivity contribution in [3.8, 4) is 0 Å². The largest absolute Gasteiger partial charge is 0.464 e. The van der Waals surface area contributed by atoms with Crippen molar-refractivity contribution in [1.29, 1.82) is 0 Å². The number of hydrogen-bond donors (Lipinski definition) is 1. The van der Waals surface area contributed by atoms with Gasteiger partial charge in [0, 0.05) is 5.33 Å². The Bertz CT molecular complexity index is 288. The molecule has 0 aromatic carbocycles. The summed E-state index contributed by atoms with van der Waals surface area (Å²) in [7, 11) is 0. The van der Waals surface area contributed by atoms with E-state index in [1.807, 2.05) is 0 Å². The van der Waals surface area contributed by atoms with Gasteiger partial charge in [0.05, 0.1) is 6.61 Å². The van der Waals surface area contributed by atoms with Crippen LogP contribution in [-0.2, 0) is 14.3 Å². The smallest absolute Gasteiger partial charge is 0.408 e. The number of halogens is 1. The number of alkyl halides is 1. The highest BCUT2D eigenvalue weighted by molar-refractivity contribution is 9.09. The first-order valence-electron chi connectivity index (χ1n) is 5.39. The SMILES string of the molecule is CCOC(=O)C(C)(CBr)NC(=O)OC(C)(C)C. The van der Waals surface area contributed by atoms with Crippen LogP contribution in [0.3, 0.4) is 0 Å². The second-order valence-corrected chi connectivity index (χ2v) is 5.37. The van der Waals surface area contributed by atoms with Gasteiger partial charge in [-0.25, -0.2) is 9.59 Å². The van der Waals surface area contributed by atoms with Gasteiger partial charge in [-0.15, -0.1) is 0 Å². The maximum Gasteiger partial charge on any atom is 0.408 e. The minimum atomic E-state index is -1.13. The molecule has 100 valence electrons. The summed E-state index contributed by atoms with van der Waals surface area (Å²) in [6.07, 6.45) is -0.646. The van der Waals surface area contributed by atoms with Gasteiger partial charge in [-0.2, -0.15) is 0 Å². The second kappa shape index (κ2) is 6.23. The van der Waals surface area contributed by atoms with Gasteiger partial charge < -0.3 is 14.8 Å². The Balaban J connectivity index is 4.58. The molecule has 0 bridgehead atoms. The van der Waals surface area contributed by atoms with Crippen LogP contribution in [-0.4, -0.2) is 35.1 Å². The minimum absolute atomic E-state index is 0.248. The Labute approximate surface area is 110 Å². The quantitative estimate of drug-likeness (QED) is 0.639. The van der Waals surface area contributed by atoms with E-state index in [2.05, 4.69) is 21.2 Å². The molecule has 0 heterocycles. The van der Waals surface area contributed by atoms with E-state index in [0.717, 1.165) is 0 Å². The Morgan fingerprint density at radius 2 is 1.76 bits per heavy atom. The summed E-state index contributed by atoms with van der Waals surface area (Å²) in [6.45, 7) is 8.80. The maximum atomic E-state index is 11.7. The van der Waals surface area contributed by atoms with Crippen LogP contribution in [0.4, 0.5) is 4.79 Å². The molecule has 6 heteroatoms. The molecule has 17 heavy (non-hydrogen) atoms. The van der Waals surface area contributed by atoms with Crippen LogP contribution in [0.1, 0.15) is 34.6 Å². The van der Waals surface area contributed by atoms with Gasteiger partial charge in [0.15, 0.2) is 0 Å². The predicted octanol–water partition coefficient (Wildman–Crippen LogP) is 2.23. The van der Waals surface area contributed by atoms with E-state index in [-0.39, 0.29) is 11.9 Å². The molecule has 5 nitrogen and oxygen atoms in total. The lowest BCUT2D eigenvalue weighted by atomic mass is 10.1. The average molecular weight is 310 g/mol. The molecular weight excluding hydrogens is 290 g/mol. The number of esters is 1. The molecule has 0 fully saturated rings. The monoisotopic (exact) mass is 309 g/mol. The fraction of sp³-hybridized carbons (Fsp3) is 0.818. The molecule has 0 radical (unpaired) electrons. The molecule has 0 aromatic heterocycles. The molecular formula is C11H20BrNO4. The molecule has 0 aliphatic rings. The van der Waals surface area contributed by atoms with Crippen molar-refractivity contribution in [3.05, 3.63) is 0 Å². The van der Waals surface area contributed by atoms with Crippen molar-refractivity contribution in [2.45, 2.75) is 45.8 Å². The number of carbonyl (C=O) groups excluding carboxylic acids is 2. The Kier molecular flexibility index (Phi) is 5.95. The Morgan fingerprint density at radius 1 is 1.24 bits per heavy atom. The summed E-state index contributed by atoms with van der Waals surface area (Å²) in [5.74, 6) is -0.497. The standard InChI is InChI=1S/C11H20BrNO4/c1-6-16-8(14)11(5,7-12)13-9(15)17-10(2,3)4/h6-7H2,1-5H3,(H,13,15). The van der Waals surface area contributed by atoms with Crippen LogP contribution in [0.5, 0.6) is 0 Å². The lowest BCUT2D eigenvalue weighted by molar-refractivity contribution is -0.149. The summed E-state index contributed by atoms with van der Waals surface area (Å²) >= 11 is 3.18. The molecule has 1 unspecified atom stereocenters. The van der Waals surface area contributed by atoms with Gasteiger partial charge in [0.2, 0.25) is 0 Å². The van der Waals surface area contributed by atoms with Crippen LogP contribution in [0, 0.1) is 0 Å². The highest BCUT2D eigenvalue weighted by atomic mass is 79.9. The molecule has 0 aromatic rings. The van der Waals surface area contributed by atoms with Gasteiger partial charge in [-0.1, -0.05) is 15.9 Å². The molecule has 0 spiro atoms. The van der Waals surface area contributed by atoms with Crippen molar-refractivity contribution in [3.63, 3.8) is 0 Å². The first-order chi connectivity index (χ1) is 7.64. The summed E-state index contributed by atoms with van der Waals surface area (Å²) in [6, 6.07) is 0. The third-order valence-corrected chi connectivity index (χ3v) is 2.89. The number of amides is 1.